The van der Waals surface area contributed by atoms with Gasteiger partial charge in [0.2, 0.25) is 0 Å². The lowest BCUT2D eigenvalue weighted by molar-refractivity contribution is -0.115. The SMILES string of the molecule is O=C1NC(=Nc2ccccc2)S/C1=C\c1cc(Br)cc(Cl)c1O. The van der Waals surface area contributed by atoms with Gasteiger partial charge in [-0.05, 0) is 42.1 Å². The van der Waals surface area contributed by atoms with E-state index >= 15 is 0 Å². The number of amides is 1. The molecule has 0 aromatic heterocycles. The van der Waals surface area contributed by atoms with Gasteiger partial charge in [0.05, 0.1) is 15.6 Å². The number of nitrogens with zero attached hydrogens (tertiary/aromatic N) is 1. The number of nitrogens with one attached hydrogen (secondary N) is 1. The number of thioether (sulfide) groups is 1. The number of hydrogen-bond acceptors (Lipinski definition) is 4. The van der Waals surface area contributed by atoms with Crippen LogP contribution in [0, 0.1) is 0 Å². The highest BCUT2D eigenvalue weighted by atomic mass is 79.9. The van der Waals surface area contributed by atoms with Crippen LogP contribution in [-0.2, 0) is 4.79 Å². The van der Waals surface area contributed by atoms with Crippen LogP contribution in [0.5, 0.6) is 5.75 Å². The van der Waals surface area contributed by atoms with Crippen LogP contribution in [-0.4, -0.2) is 16.2 Å². The van der Waals surface area contributed by atoms with E-state index < -0.39 is 0 Å². The maximum atomic E-state index is 12.1. The zero-order valence-electron chi connectivity index (χ0n) is 11.6. The molecule has 1 aliphatic heterocycles. The topological polar surface area (TPSA) is 61.7 Å². The van der Waals surface area contributed by atoms with Crippen molar-refractivity contribution in [3.63, 3.8) is 0 Å². The van der Waals surface area contributed by atoms with Gasteiger partial charge in [-0.2, -0.15) is 0 Å². The van der Waals surface area contributed by atoms with E-state index in [1.807, 2.05) is 30.3 Å². The van der Waals surface area contributed by atoms with E-state index in [1.165, 1.54) is 11.8 Å². The summed E-state index contributed by atoms with van der Waals surface area (Å²) < 4.78 is 0.716. The zero-order valence-corrected chi connectivity index (χ0v) is 14.7. The summed E-state index contributed by atoms with van der Waals surface area (Å²) in [7, 11) is 0. The first-order valence-electron chi connectivity index (χ1n) is 6.55. The molecule has 0 saturated carbocycles. The number of para-hydroxylation sites is 1. The van der Waals surface area contributed by atoms with Crippen molar-refractivity contribution in [2.24, 2.45) is 4.99 Å². The average Bonchev–Trinajstić information content (AvgIpc) is 2.85. The minimum Gasteiger partial charge on any atom is -0.506 e. The molecule has 0 radical (unpaired) electrons. The lowest BCUT2D eigenvalue weighted by atomic mass is 10.2. The number of aliphatic imine (C=N–C) groups is 1. The second-order valence-corrected chi connectivity index (χ2v) is 7.00. The number of carbonyl (C=O) groups is 1. The monoisotopic (exact) mass is 408 g/mol. The van der Waals surface area contributed by atoms with Crippen molar-refractivity contribution in [1.29, 1.82) is 0 Å². The Hall–Kier alpha value is -1.76. The Morgan fingerprint density at radius 3 is 2.74 bits per heavy atom. The van der Waals surface area contributed by atoms with Gasteiger partial charge in [-0.3, -0.25) is 4.79 Å². The molecule has 0 bridgehead atoms. The van der Waals surface area contributed by atoms with E-state index in [0.29, 0.717) is 20.1 Å². The predicted octanol–water partition coefficient (Wildman–Crippen LogP) is 4.70. The van der Waals surface area contributed by atoms with Crippen molar-refractivity contribution < 1.29 is 9.90 Å². The van der Waals surface area contributed by atoms with Crippen molar-refractivity contribution in [2.45, 2.75) is 0 Å². The molecule has 7 heteroatoms. The van der Waals surface area contributed by atoms with Gasteiger partial charge < -0.3 is 10.4 Å². The van der Waals surface area contributed by atoms with Crippen LogP contribution >= 0.6 is 39.3 Å². The maximum absolute atomic E-state index is 12.1. The zero-order chi connectivity index (χ0) is 16.4. The second kappa shape index (κ2) is 6.78. The molecular formula is C16H10BrClN2O2S. The normalized spacial score (nSPS) is 17.7. The van der Waals surface area contributed by atoms with Gasteiger partial charge in [-0.25, -0.2) is 4.99 Å². The molecule has 2 aromatic carbocycles. The summed E-state index contributed by atoms with van der Waals surface area (Å²) >= 11 is 10.5. The molecule has 2 N–H and O–H groups in total. The van der Waals surface area contributed by atoms with Gasteiger partial charge in [-0.1, -0.05) is 45.7 Å². The highest BCUT2D eigenvalue weighted by Gasteiger charge is 2.24. The molecule has 0 aliphatic carbocycles. The molecule has 2 aromatic rings. The van der Waals surface area contributed by atoms with Crippen LogP contribution in [0.1, 0.15) is 5.56 Å². The number of phenolic OH excluding ortho intramolecular Hbond substituents is 1. The number of aromatic hydroxyl groups is 1. The van der Waals surface area contributed by atoms with Gasteiger partial charge >= 0.3 is 0 Å². The number of rotatable bonds is 2. The maximum Gasteiger partial charge on any atom is 0.264 e. The van der Waals surface area contributed by atoms with E-state index in [9.17, 15) is 9.90 Å². The fourth-order valence-electron chi connectivity index (χ4n) is 1.94. The van der Waals surface area contributed by atoms with Crippen molar-refractivity contribution >= 4 is 62.1 Å². The van der Waals surface area contributed by atoms with Crippen molar-refractivity contribution in [2.75, 3.05) is 0 Å². The number of amidine groups is 1. The van der Waals surface area contributed by atoms with Crippen molar-refractivity contribution in [3.8, 4) is 5.75 Å². The van der Waals surface area contributed by atoms with Gasteiger partial charge in [-0.15, -0.1) is 0 Å². The van der Waals surface area contributed by atoms with E-state index in [2.05, 4.69) is 26.2 Å². The number of carbonyl (C=O) groups excluding carboxylic acids is 1. The van der Waals surface area contributed by atoms with Gasteiger partial charge in [0.1, 0.15) is 5.75 Å². The fourth-order valence-corrected chi connectivity index (χ4v) is 3.60. The second-order valence-electron chi connectivity index (χ2n) is 4.64. The molecule has 3 rings (SSSR count). The number of halogens is 2. The Morgan fingerprint density at radius 2 is 2.00 bits per heavy atom. The van der Waals surface area contributed by atoms with E-state index in [4.69, 9.17) is 11.6 Å². The first-order chi connectivity index (χ1) is 11.0. The quantitative estimate of drug-likeness (QED) is 0.707. The molecule has 1 saturated heterocycles. The molecule has 0 unspecified atom stereocenters. The van der Waals surface area contributed by atoms with E-state index in [0.717, 1.165) is 5.69 Å². The molecule has 0 spiro atoms. The molecule has 4 nitrogen and oxygen atoms in total. The first kappa shape index (κ1) is 16.1. The predicted molar refractivity (Wildman–Crippen MR) is 98.1 cm³/mol. The minimum absolute atomic E-state index is 0.0655. The summed E-state index contributed by atoms with van der Waals surface area (Å²) in [6.45, 7) is 0. The van der Waals surface area contributed by atoms with Crippen molar-refractivity contribution in [3.05, 3.63) is 62.4 Å². The lowest BCUT2D eigenvalue weighted by Gasteiger charge is -2.03. The summed E-state index contributed by atoms with van der Waals surface area (Å²) in [5, 5.41) is 13.4. The average molecular weight is 410 g/mol. The Kier molecular flexibility index (Phi) is 4.75. The summed E-state index contributed by atoms with van der Waals surface area (Å²) in [5.41, 5.74) is 1.22. The van der Waals surface area contributed by atoms with E-state index in [-0.39, 0.29) is 16.7 Å². The standard InChI is InChI=1S/C16H10BrClN2O2S/c17-10-6-9(14(21)12(18)8-10)7-13-15(22)20-16(23-13)19-11-4-2-1-3-5-11/h1-8,21H,(H,19,20,22)/b13-7-. The van der Waals surface area contributed by atoms with Gasteiger partial charge in [0.15, 0.2) is 5.17 Å². The lowest BCUT2D eigenvalue weighted by Crippen LogP contribution is -2.19. The van der Waals surface area contributed by atoms with Gasteiger partial charge in [0.25, 0.3) is 5.91 Å². The van der Waals surface area contributed by atoms with Crippen molar-refractivity contribution in [1.82, 2.24) is 5.32 Å². The third kappa shape index (κ3) is 3.77. The highest BCUT2D eigenvalue weighted by Crippen LogP contribution is 2.35. The Labute approximate surface area is 150 Å². The molecule has 1 amide bonds. The first-order valence-corrected chi connectivity index (χ1v) is 8.54. The van der Waals surface area contributed by atoms with E-state index in [1.54, 1.807) is 18.2 Å². The fraction of sp³-hybridized carbons (Fsp3) is 0. The van der Waals surface area contributed by atoms with Crippen LogP contribution in [0.25, 0.3) is 6.08 Å². The summed E-state index contributed by atoms with van der Waals surface area (Å²) in [6.07, 6.45) is 1.58. The smallest absolute Gasteiger partial charge is 0.264 e. The molecule has 1 aliphatic rings. The summed E-state index contributed by atoms with van der Waals surface area (Å²) in [4.78, 5) is 16.9. The molecule has 23 heavy (non-hydrogen) atoms. The van der Waals surface area contributed by atoms with Crippen LogP contribution in [0.4, 0.5) is 5.69 Å². The van der Waals surface area contributed by atoms with Crippen LogP contribution in [0.2, 0.25) is 5.02 Å². The third-order valence-corrected chi connectivity index (χ3v) is 4.64. The van der Waals surface area contributed by atoms with Crippen LogP contribution in [0.15, 0.2) is 56.8 Å². The Balaban J connectivity index is 1.90. The largest absolute Gasteiger partial charge is 0.506 e. The Bertz CT molecular complexity index is 837. The molecule has 116 valence electrons. The third-order valence-electron chi connectivity index (χ3n) is 2.98. The summed E-state index contributed by atoms with van der Waals surface area (Å²) in [5.74, 6) is -0.329. The highest BCUT2D eigenvalue weighted by molar-refractivity contribution is 9.10. The Morgan fingerprint density at radius 1 is 1.26 bits per heavy atom. The molecule has 1 heterocycles. The number of hydrogen-bond donors (Lipinski definition) is 2. The van der Waals surface area contributed by atoms with Crippen LogP contribution in [0.3, 0.4) is 0 Å². The molecule has 1 fully saturated rings. The van der Waals surface area contributed by atoms with Crippen LogP contribution < -0.4 is 5.32 Å². The number of benzene rings is 2. The summed E-state index contributed by atoms with van der Waals surface area (Å²) in [6, 6.07) is 12.6. The number of phenols is 1. The molecule has 0 atom stereocenters. The van der Waals surface area contributed by atoms with Gasteiger partial charge in [0, 0.05) is 10.0 Å². The minimum atomic E-state index is -0.264. The molecular weight excluding hydrogens is 400 g/mol.